The third kappa shape index (κ3) is 8.02. The van der Waals surface area contributed by atoms with Gasteiger partial charge in [-0.3, -0.25) is 4.79 Å². The van der Waals surface area contributed by atoms with Gasteiger partial charge in [0, 0.05) is 44.3 Å². The maximum atomic E-state index is 11.6. The van der Waals surface area contributed by atoms with Crippen molar-refractivity contribution in [3.8, 4) is 0 Å². The van der Waals surface area contributed by atoms with Crippen molar-refractivity contribution in [3.05, 3.63) is 59.4 Å². The Labute approximate surface area is 198 Å². The summed E-state index contributed by atoms with van der Waals surface area (Å²) in [4.78, 5) is 24.3. The van der Waals surface area contributed by atoms with Crippen molar-refractivity contribution < 1.29 is 18.9 Å². The summed E-state index contributed by atoms with van der Waals surface area (Å²) in [7, 11) is 2.72. The maximum Gasteiger partial charge on any atom is 0.316 e. The number of benzene rings is 1. The van der Waals surface area contributed by atoms with Gasteiger partial charge in [0.1, 0.15) is 12.0 Å². The fourth-order valence-electron chi connectivity index (χ4n) is 3.61. The molecule has 0 spiro atoms. The van der Waals surface area contributed by atoms with Crippen molar-refractivity contribution >= 4 is 51.7 Å². The zero-order chi connectivity index (χ0) is 22.6. The fraction of sp³-hybridized carbons (Fsp3) is 0.400. The van der Waals surface area contributed by atoms with Crippen LogP contribution in [0.1, 0.15) is 36.1 Å². The third-order valence-corrected chi connectivity index (χ3v) is 7.36. The largest absolute Gasteiger partial charge is 0.465 e. The van der Waals surface area contributed by atoms with Gasteiger partial charge < -0.3 is 14.4 Å². The van der Waals surface area contributed by atoms with Gasteiger partial charge in [-0.15, -0.1) is 0 Å². The predicted molar refractivity (Wildman–Crippen MR) is 135 cm³/mol. The molecule has 0 radical (unpaired) electrons. The molecule has 1 saturated heterocycles. The standard InChI is InChI=1S/C25H31N2O3S2/c1-21-19-23(6-5-22-7-9-24(10-8-22)27-12-2-3-13-27)11-15-26(21)14-4-17-30-25(29)20-32-31-18-16-28/h5-11,15-16,19H,2-4,12-14,17-18,20H2,1H3/q+1. The van der Waals surface area contributed by atoms with E-state index in [0.717, 1.165) is 19.3 Å². The van der Waals surface area contributed by atoms with Gasteiger partial charge in [-0.25, -0.2) is 4.57 Å². The number of rotatable bonds is 12. The second-order valence-corrected chi connectivity index (χ2v) is 10.2. The molecule has 1 aromatic carbocycles. The molecule has 1 aliphatic heterocycles. The Morgan fingerprint density at radius 2 is 1.84 bits per heavy atom. The molecule has 2 aromatic rings. The van der Waals surface area contributed by atoms with Gasteiger partial charge in [-0.1, -0.05) is 45.9 Å². The lowest BCUT2D eigenvalue weighted by atomic mass is 10.1. The maximum absolute atomic E-state index is 11.6. The summed E-state index contributed by atoms with van der Waals surface area (Å²) >= 11 is 0. The first kappa shape index (κ1) is 24.4. The molecule has 2 heterocycles. The number of ether oxygens (including phenoxy) is 1. The molecule has 0 unspecified atom stereocenters. The normalized spacial score (nSPS) is 13.6. The van der Waals surface area contributed by atoms with E-state index in [1.807, 2.05) is 0 Å². The minimum Gasteiger partial charge on any atom is -0.465 e. The molecule has 1 aliphatic rings. The van der Waals surface area contributed by atoms with E-state index in [0.29, 0.717) is 12.4 Å². The quantitative estimate of drug-likeness (QED) is 0.149. The highest BCUT2D eigenvalue weighted by atomic mass is 33.1. The lowest BCUT2D eigenvalue weighted by molar-refractivity contribution is -0.703. The van der Waals surface area contributed by atoms with Crippen LogP contribution < -0.4 is 9.47 Å². The molecule has 170 valence electrons. The molecular formula is C25H31N2O3S2+. The molecule has 5 nitrogen and oxygen atoms in total. The topological polar surface area (TPSA) is 50.5 Å². The van der Waals surface area contributed by atoms with Crippen LogP contribution in [0.4, 0.5) is 5.69 Å². The first-order chi connectivity index (χ1) is 15.7. The lowest BCUT2D eigenvalue weighted by Crippen LogP contribution is -2.37. The Morgan fingerprint density at radius 3 is 2.56 bits per heavy atom. The summed E-state index contributed by atoms with van der Waals surface area (Å²) < 4.78 is 7.42. The van der Waals surface area contributed by atoms with E-state index in [-0.39, 0.29) is 11.7 Å². The number of aromatic nitrogens is 1. The lowest BCUT2D eigenvalue weighted by Gasteiger charge is -2.17. The molecule has 0 N–H and O–H groups in total. The average molecular weight is 472 g/mol. The zero-order valence-corrected chi connectivity index (χ0v) is 20.2. The Kier molecular flexibility index (Phi) is 10.2. The van der Waals surface area contributed by atoms with Crippen LogP contribution in [0.2, 0.25) is 0 Å². The van der Waals surface area contributed by atoms with E-state index in [1.54, 1.807) is 0 Å². The van der Waals surface area contributed by atoms with Gasteiger partial charge in [-0.05, 0) is 36.1 Å². The van der Waals surface area contributed by atoms with Gasteiger partial charge in [0.2, 0.25) is 0 Å². The number of carbonyl (C=O) groups excluding carboxylic acids is 2. The molecule has 0 bridgehead atoms. The first-order valence-corrected chi connectivity index (χ1v) is 13.5. The highest BCUT2D eigenvalue weighted by Gasteiger charge is 2.11. The molecule has 32 heavy (non-hydrogen) atoms. The van der Waals surface area contributed by atoms with Crippen molar-refractivity contribution in [3.63, 3.8) is 0 Å². The predicted octanol–water partition coefficient (Wildman–Crippen LogP) is 4.57. The number of anilines is 1. The van der Waals surface area contributed by atoms with Crippen molar-refractivity contribution in [2.45, 2.75) is 32.7 Å². The third-order valence-electron chi connectivity index (χ3n) is 5.31. The molecule has 3 rings (SSSR count). The summed E-state index contributed by atoms with van der Waals surface area (Å²) in [5.41, 5.74) is 4.85. The molecule has 7 heteroatoms. The molecule has 1 fully saturated rings. The summed E-state index contributed by atoms with van der Waals surface area (Å²) in [6, 6.07) is 13.1. The van der Waals surface area contributed by atoms with Gasteiger partial charge in [0.05, 0.1) is 12.4 Å². The number of esters is 1. The van der Waals surface area contributed by atoms with Crippen molar-refractivity contribution in [1.82, 2.24) is 0 Å². The van der Waals surface area contributed by atoms with Crippen LogP contribution in [0.15, 0.2) is 42.6 Å². The number of aryl methyl sites for hydroxylation is 2. The average Bonchev–Trinajstić information content (AvgIpc) is 3.35. The minimum absolute atomic E-state index is 0.232. The molecule has 0 saturated carbocycles. The monoisotopic (exact) mass is 471 g/mol. The Morgan fingerprint density at radius 1 is 1.09 bits per heavy atom. The van der Waals surface area contributed by atoms with E-state index in [2.05, 4.69) is 71.1 Å². The van der Waals surface area contributed by atoms with Crippen molar-refractivity contribution in [2.75, 3.05) is 36.1 Å². The second-order valence-electron chi connectivity index (χ2n) is 7.70. The van der Waals surface area contributed by atoms with E-state index in [9.17, 15) is 9.59 Å². The smallest absolute Gasteiger partial charge is 0.316 e. The Balaban J connectivity index is 1.42. The number of hydrogen-bond acceptors (Lipinski definition) is 6. The highest BCUT2D eigenvalue weighted by molar-refractivity contribution is 8.77. The second kappa shape index (κ2) is 13.3. The van der Waals surface area contributed by atoms with Crippen LogP contribution in [0.3, 0.4) is 0 Å². The minimum atomic E-state index is -0.232. The molecular weight excluding hydrogens is 440 g/mol. The van der Waals surface area contributed by atoms with Crippen molar-refractivity contribution in [2.24, 2.45) is 0 Å². The number of aldehydes is 1. The SMILES string of the molecule is Cc1cc(/C=C/c2ccc(N3CCCC3)cc2)cc[n+]1CCCOC(=O)CSSCC=O. The van der Waals surface area contributed by atoms with Crippen LogP contribution in [-0.2, 0) is 20.9 Å². The van der Waals surface area contributed by atoms with Crippen LogP contribution in [0.25, 0.3) is 12.2 Å². The van der Waals surface area contributed by atoms with Crippen LogP contribution in [0, 0.1) is 6.92 Å². The summed E-state index contributed by atoms with van der Waals surface area (Å²) in [6.07, 6.45) is 10.6. The van der Waals surface area contributed by atoms with Crippen molar-refractivity contribution in [1.29, 1.82) is 0 Å². The Hall–Kier alpha value is -2.25. The first-order valence-electron chi connectivity index (χ1n) is 11.0. The van der Waals surface area contributed by atoms with E-state index < -0.39 is 0 Å². The molecule has 0 aliphatic carbocycles. The number of carbonyl (C=O) groups is 2. The van der Waals surface area contributed by atoms with E-state index in [1.165, 1.54) is 70.0 Å². The van der Waals surface area contributed by atoms with E-state index in [4.69, 9.17) is 4.74 Å². The molecule has 1 aromatic heterocycles. The molecule has 0 amide bonds. The molecule has 0 atom stereocenters. The number of nitrogens with zero attached hydrogens (tertiary/aromatic N) is 2. The van der Waals surface area contributed by atoms with Gasteiger partial charge >= 0.3 is 5.97 Å². The summed E-state index contributed by atoms with van der Waals surface area (Å²) in [5.74, 6) is 0.431. The fourth-order valence-corrected chi connectivity index (χ4v) is 5.02. The highest BCUT2D eigenvalue weighted by Crippen LogP contribution is 2.21. The van der Waals surface area contributed by atoms with Gasteiger partial charge in [-0.2, -0.15) is 0 Å². The van der Waals surface area contributed by atoms with Gasteiger partial charge in [0.25, 0.3) is 0 Å². The zero-order valence-electron chi connectivity index (χ0n) is 18.6. The van der Waals surface area contributed by atoms with Gasteiger partial charge in [0.15, 0.2) is 18.4 Å². The van der Waals surface area contributed by atoms with Crippen LogP contribution in [0.5, 0.6) is 0 Å². The Bertz CT molecular complexity index is 910. The number of pyridine rings is 1. The van der Waals surface area contributed by atoms with Crippen LogP contribution >= 0.6 is 21.6 Å². The number of hydrogen-bond donors (Lipinski definition) is 0. The summed E-state index contributed by atoms with van der Waals surface area (Å²) in [6.45, 7) is 5.63. The summed E-state index contributed by atoms with van der Waals surface area (Å²) in [5, 5.41) is 0. The van der Waals surface area contributed by atoms with E-state index >= 15 is 0 Å². The van der Waals surface area contributed by atoms with Crippen LogP contribution in [-0.4, -0.2) is 43.5 Å².